The predicted octanol–water partition coefficient (Wildman–Crippen LogP) is 6.46. The van der Waals surface area contributed by atoms with E-state index < -0.39 is 30.4 Å². The Morgan fingerprint density at radius 1 is 0.821 bits per heavy atom. The molecule has 0 heterocycles. The Bertz CT molecular complexity index is 1030. The maximum absolute atomic E-state index is 13.1. The molecule has 0 aliphatic heterocycles. The van der Waals surface area contributed by atoms with Crippen molar-refractivity contribution < 1.29 is 23.9 Å². The SMILES string of the molecule is CCC[CH2][Sn]([CH2]CCC)([CH2]CCC)[c]1cc(C[C@H](NC(C)=O)C(=O)OCc2ccccc2)ccc1OC(C)=O. The van der Waals surface area contributed by atoms with Crippen LogP contribution in [0.15, 0.2) is 48.5 Å². The van der Waals surface area contributed by atoms with Crippen molar-refractivity contribution in [3.63, 3.8) is 0 Å². The summed E-state index contributed by atoms with van der Waals surface area (Å²) in [5.74, 6) is -0.368. The van der Waals surface area contributed by atoms with E-state index in [0.29, 0.717) is 12.2 Å². The van der Waals surface area contributed by atoms with Crippen LogP contribution in [-0.2, 0) is 32.1 Å². The van der Waals surface area contributed by atoms with E-state index in [1.54, 1.807) is 0 Å². The number of amides is 1. The van der Waals surface area contributed by atoms with Gasteiger partial charge in [-0.05, 0) is 0 Å². The van der Waals surface area contributed by atoms with Gasteiger partial charge in [0.1, 0.15) is 0 Å². The predicted molar refractivity (Wildman–Crippen MR) is 160 cm³/mol. The van der Waals surface area contributed by atoms with Gasteiger partial charge in [-0.25, -0.2) is 0 Å². The van der Waals surface area contributed by atoms with E-state index >= 15 is 0 Å². The number of carbonyl (C=O) groups excluding carboxylic acids is 3. The molecule has 2 aromatic rings. The van der Waals surface area contributed by atoms with Crippen LogP contribution in [0.4, 0.5) is 0 Å². The topological polar surface area (TPSA) is 81.7 Å². The minimum atomic E-state index is -3.00. The van der Waals surface area contributed by atoms with Gasteiger partial charge in [0.2, 0.25) is 0 Å². The van der Waals surface area contributed by atoms with Crippen molar-refractivity contribution in [3.05, 3.63) is 59.7 Å². The van der Waals surface area contributed by atoms with Crippen molar-refractivity contribution >= 4 is 39.8 Å². The van der Waals surface area contributed by atoms with Crippen molar-refractivity contribution in [1.82, 2.24) is 5.32 Å². The Morgan fingerprint density at radius 2 is 1.41 bits per heavy atom. The van der Waals surface area contributed by atoms with E-state index in [9.17, 15) is 14.4 Å². The van der Waals surface area contributed by atoms with Gasteiger partial charge in [-0.2, -0.15) is 0 Å². The van der Waals surface area contributed by atoms with E-state index in [-0.39, 0.29) is 18.5 Å². The number of rotatable bonds is 17. The zero-order valence-corrected chi connectivity index (χ0v) is 27.4. The zero-order valence-electron chi connectivity index (χ0n) is 24.5. The van der Waals surface area contributed by atoms with Crippen LogP contribution in [0.2, 0.25) is 13.3 Å². The fourth-order valence-electron chi connectivity index (χ4n) is 5.19. The van der Waals surface area contributed by atoms with Crippen molar-refractivity contribution in [2.24, 2.45) is 0 Å². The number of hydrogen-bond acceptors (Lipinski definition) is 5. The molecule has 0 spiro atoms. The number of carbonyl (C=O) groups is 3. The summed E-state index contributed by atoms with van der Waals surface area (Å²) >= 11 is -3.00. The molecule has 0 unspecified atom stereocenters. The molecule has 0 saturated heterocycles. The number of nitrogens with one attached hydrogen (secondary N) is 1. The molecule has 2 aromatic carbocycles. The molecule has 6 nitrogen and oxygen atoms in total. The minimum absolute atomic E-state index is 0.150. The van der Waals surface area contributed by atoms with Crippen LogP contribution in [-0.4, -0.2) is 42.3 Å². The molecule has 0 aliphatic carbocycles. The Labute approximate surface area is 239 Å². The van der Waals surface area contributed by atoms with E-state index in [0.717, 1.165) is 30.4 Å². The second kappa shape index (κ2) is 17.4. The fraction of sp³-hybridized carbons (Fsp3) is 0.531. The molecule has 1 N–H and O–H groups in total. The van der Waals surface area contributed by atoms with Gasteiger partial charge >= 0.3 is 240 Å². The third kappa shape index (κ3) is 11.0. The van der Waals surface area contributed by atoms with Gasteiger partial charge in [-0.1, -0.05) is 0 Å². The molecule has 7 heteroatoms. The third-order valence-electron chi connectivity index (χ3n) is 7.22. The van der Waals surface area contributed by atoms with Gasteiger partial charge in [0.05, 0.1) is 0 Å². The molecule has 39 heavy (non-hydrogen) atoms. The summed E-state index contributed by atoms with van der Waals surface area (Å²) in [5, 5.41) is 2.79. The molecule has 0 bridgehead atoms. The molecule has 2 rings (SSSR count). The van der Waals surface area contributed by atoms with Gasteiger partial charge < -0.3 is 0 Å². The summed E-state index contributed by atoms with van der Waals surface area (Å²) in [4.78, 5) is 37.2. The van der Waals surface area contributed by atoms with Crippen LogP contribution in [0.5, 0.6) is 5.75 Å². The van der Waals surface area contributed by atoms with Crippen LogP contribution < -0.4 is 13.6 Å². The maximum atomic E-state index is 13.1. The molecule has 0 radical (unpaired) electrons. The quantitative estimate of drug-likeness (QED) is 0.122. The molecule has 1 atom stereocenters. The zero-order chi connectivity index (χ0) is 28.7. The molecule has 0 aliphatic rings. The first-order valence-electron chi connectivity index (χ1n) is 14.5. The molecule has 0 fully saturated rings. The van der Waals surface area contributed by atoms with E-state index in [4.69, 9.17) is 9.47 Å². The first-order chi connectivity index (χ1) is 18.7. The van der Waals surface area contributed by atoms with Crippen LogP contribution in [0, 0.1) is 0 Å². The summed E-state index contributed by atoms with van der Waals surface area (Å²) in [5.41, 5.74) is 1.84. The van der Waals surface area contributed by atoms with Crippen molar-refractivity contribution in [2.75, 3.05) is 0 Å². The number of unbranched alkanes of at least 4 members (excludes halogenated alkanes) is 3. The average Bonchev–Trinajstić information content (AvgIpc) is 2.92. The van der Waals surface area contributed by atoms with Crippen molar-refractivity contribution in [1.29, 1.82) is 0 Å². The van der Waals surface area contributed by atoms with Crippen molar-refractivity contribution in [2.45, 2.75) is 106 Å². The normalized spacial score (nSPS) is 12.0. The summed E-state index contributed by atoms with van der Waals surface area (Å²) < 4.78 is 16.3. The first-order valence-corrected chi connectivity index (χ1v) is 22.0. The third-order valence-corrected chi connectivity index (χ3v) is 22.8. The van der Waals surface area contributed by atoms with Gasteiger partial charge in [0.25, 0.3) is 0 Å². The summed E-state index contributed by atoms with van der Waals surface area (Å²) in [6, 6.07) is 14.7. The van der Waals surface area contributed by atoms with E-state index in [2.05, 4.69) is 32.2 Å². The molecule has 214 valence electrons. The van der Waals surface area contributed by atoms with Gasteiger partial charge in [-0.3, -0.25) is 0 Å². The second-order valence-corrected chi connectivity index (χ2v) is 23.7. The Kier molecular flexibility index (Phi) is 14.6. The monoisotopic (exact) mass is 645 g/mol. The first kappa shape index (κ1) is 32.9. The molecule has 1 amide bonds. The Balaban J connectivity index is 2.46. The van der Waals surface area contributed by atoms with Gasteiger partial charge in [0, 0.05) is 0 Å². The summed E-state index contributed by atoms with van der Waals surface area (Å²) in [7, 11) is 0. The summed E-state index contributed by atoms with van der Waals surface area (Å²) in [6.45, 7) is 9.72. The Hall–Kier alpha value is -2.35. The average molecular weight is 644 g/mol. The van der Waals surface area contributed by atoms with Crippen LogP contribution >= 0.6 is 0 Å². The second-order valence-electron chi connectivity index (χ2n) is 10.6. The molecule has 0 aromatic heterocycles. The summed E-state index contributed by atoms with van der Waals surface area (Å²) in [6.07, 6.45) is 7.25. The van der Waals surface area contributed by atoms with Crippen LogP contribution in [0.3, 0.4) is 0 Å². The van der Waals surface area contributed by atoms with Crippen molar-refractivity contribution in [3.8, 4) is 5.75 Å². The van der Waals surface area contributed by atoms with E-state index in [1.165, 1.54) is 50.0 Å². The molecular formula is C32H47NO5Sn. The number of ether oxygens (including phenoxy) is 2. The van der Waals surface area contributed by atoms with E-state index in [1.807, 2.05) is 42.5 Å². The Morgan fingerprint density at radius 3 is 1.92 bits per heavy atom. The van der Waals surface area contributed by atoms with Crippen LogP contribution in [0.25, 0.3) is 0 Å². The fourth-order valence-corrected chi connectivity index (χ4v) is 21.7. The van der Waals surface area contributed by atoms with Crippen LogP contribution in [0.1, 0.15) is 84.3 Å². The number of benzene rings is 2. The molecular weight excluding hydrogens is 597 g/mol. The standard InChI is InChI=1S/C20H20NO5.3C4H9.Sn/c1-14(22)21-19(20(24)25-13-17-6-4-3-5-7-17)12-16-8-10-18(11-9-16)26-15(2)23;3*1-3-4-2;/h3-10,19H,12-13H2,1-2H3,(H,21,22);3*1,3-4H2,2H3;/t19-;;;;/m0..../s1. The molecule has 0 saturated carbocycles. The van der Waals surface area contributed by atoms with Gasteiger partial charge in [-0.15, -0.1) is 0 Å². The van der Waals surface area contributed by atoms with Gasteiger partial charge in [0.15, 0.2) is 0 Å². The number of esters is 2. The number of hydrogen-bond donors (Lipinski definition) is 1.